The Balaban J connectivity index is -0.000000303. The second-order valence-corrected chi connectivity index (χ2v) is 5.38. The van der Waals surface area contributed by atoms with Gasteiger partial charge in [0, 0.05) is 0 Å². The number of allylic oxidation sites excluding steroid dienone is 3. The highest BCUT2D eigenvalue weighted by Crippen LogP contribution is 2.06. The minimum Gasteiger partial charge on any atom is -0.0991 e. The van der Waals surface area contributed by atoms with Crippen molar-refractivity contribution in [2.45, 2.75) is 75.2 Å². The molecule has 152 valence electrons. The number of hydrogen-bond donors (Lipinski definition) is 0. The maximum absolute atomic E-state index is 3.46. The van der Waals surface area contributed by atoms with Crippen LogP contribution in [-0.4, -0.2) is 0 Å². The van der Waals surface area contributed by atoms with E-state index < -0.39 is 0 Å². The van der Waals surface area contributed by atoms with Gasteiger partial charge < -0.3 is 0 Å². The fourth-order valence-electron chi connectivity index (χ4n) is 2.07. The molecule has 27 heavy (non-hydrogen) atoms. The molecule has 2 aromatic carbocycles. The van der Waals surface area contributed by atoms with Crippen LogP contribution in [0, 0.1) is 13.8 Å². The topological polar surface area (TPSA) is 0 Å². The molecule has 2 aromatic rings. The third-order valence-electron chi connectivity index (χ3n) is 3.46. The molecule has 0 bridgehead atoms. The van der Waals surface area contributed by atoms with E-state index >= 15 is 0 Å². The molecule has 0 saturated carbocycles. The maximum atomic E-state index is 3.46. The average Bonchev–Trinajstić information content (AvgIpc) is 2.73. The molecule has 0 aliphatic rings. The molecule has 0 radical (unpaired) electrons. The molecule has 0 nitrogen and oxygen atoms in total. The second kappa shape index (κ2) is 23.9. The molecule has 0 aliphatic carbocycles. The van der Waals surface area contributed by atoms with Crippen molar-refractivity contribution in [1.29, 1.82) is 0 Å². The van der Waals surface area contributed by atoms with Crippen molar-refractivity contribution in [3.05, 3.63) is 95.6 Å². The Kier molecular flexibility index (Phi) is 26.3. The maximum Gasteiger partial charge on any atom is -0.0305 e. The van der Waals surface area contributed by atoms with Gasteiger partial charge in [0.15, 0.2) is 0 Å². The van der Waals surface area contributed by atoms with Crippen molar-refractivity contribution in [2.24, 2.45) is 0 Å². The molecule has 0 N–H and O–H groups in total. The minimum atomic E-state index is 1.14. The Labute approximate surface area is 171 Å². The van der Waals surface area contributed by atoms with Crippen LogP contribution in [0.1, 0.15) is 70.7 Å². The van der Waals surface area contributed by atoms with Crippen molar-refractivity contribution in [3.63, 3.8) is 0 Å². The third kappa shape index (κ3) is 18.5. The first kappa shape index (κ1) is 29.7. The zero-order valence-corrected chi connectivity index (χ0v) is 19.5. The summed E-state index contributed by atoms with van der Waals surface area (Å²) in [5.41, 5.74) is 5.64. The molecule has 0 spiro atoms. The Morgan fingerprint density at radius 3 is 1.70 bits per heavy atom. The normalized spacial score (nSPS) is 8.48. The molecule has 2 rings (SSSR count). The lowest BCUT2D eigenvalue weighted by Crippen LogP contribution is -1.82. The van der Waals surface area contributed by atoms with Crippen LogP contribution in [0.4, 0.5) is 0 Å². The Morgan fingerprint density at radius 2 is 1.41 bits per heavy atom. The summed E-state index contributed by atoms with van der Waals surface area (Å²) in [6.45, 7) is 22.1. The molecule has 0 heteroatoms. The van der Waals surface area contributed by atoms with E-state index in [1.54, 1.807) is 6.08 Å². The summed E-state index contributed by atoms with van der Waals surface area (Å²) in [5.74, 6) is 0. The van der Waals surface area contributed by atoms with Gasteiger partial charge in [-0.25, -0.2) is 0 Å². The smallest absolute Gasteiger partial charge is 0.0305 e. The summed E-state index contributed by atoms with van der Waals surface area (Å²) in [6, 6.07) is 17.1. The van der Waals surface area contributed by atoms with Gasteiger partial charge in [-0.1, -0.05) is 120 Å². The number of aryl methyl sites for hydroxylation is 4. The van der Waals surface area contributed by atoms with E-state index in [1.165, 1.54) is 22.3 Å². The fraction of sp³-hybridized carbons (Fsp3) is 0.407. The molecule has 0 aromatic heterocycles. The van der Waals surface area contributed by atoms with Crippen LogP contribution in [0.15, 0.2) is 73.3 Å². The average molecular weight is 369 g/mol. The summed E-state index contributed by atoms with van der Waals surface area (Å²) >= 11 is 0. The predicted octanol–water partition coefficient (Wildman–Crippen LogP) is 8.92. The summed E-state index contributed by atoms with van der Waals surface area (Å²) < 4.78 is 0. The van der Waals surface area contributed by atoms with Crippen LogP contribution >= 0.6 is 0 Å². The Bertz CT molecular complexity index is 576. The summed E-state index contributed by atoms with van der Waals surface area (Å²) in [4.78, 5) is 0. The first-order chi connectivity index (χ1) is 13.1. The van der Waals surface area contributed by atoms with E-state index in [1.807, 2.05) is 46.8 Å². The molecule has 0 amide bonds. The molecular weight excluding hydrogens is 324 g/mol. The van der Waals surface area contributed by atoms with Crippen molar-refractivity contribution in [2.75, 3.05) is 0 Å². The molecule has 0 aliphatic heterocycles. The first-order valence-corrected chi connectivity index (χ1v) is 10.4. The van der Waals surface area contributed by atoms with Gasteiger partial charge in [-0.15, -0.1) is 0 Å². The highest BCUT2D eigenvalue weighted by Gasteiger charge is 1.89. The van der Waals surface area contributed by atoms with Crippen molar-refractivity contribution < 1.29 is 0 Å². The van der Waals surface area contributed by atoms with E-state index in [0.717, 1.165) is 12.8 Å². The molecule has 0 unspecified atom stereocenters. The highest BCUT2D eigenvalue weighted by molar-refractivity contribution is 5.25. The Morgan fingerprint density at radius 1 is 0.815 bits per heavy atom. The summed E-state index contributed by atoms with van der Waals surface area (Å²) in [7, 11) is 0. The zero-order chi connectivity index (χ0) is 21.5. The second-order valence-electron chi connectivity index (χ2n) is 5.38. The number of rotatable bonds is 3. The first-order valence-electron chi connectivity index (χ1n) is 10.4. The van der Waals surface area contributed by atoms with E-state index in [-0.39, 0.29) is 0 Å². The van der Waals surface area contributed by atoms with Gasteiger partial charge in [-0.05, 0) is 50.3 Å². The molecule has 0 saturated heterocycles. The van der Waals surface area contributed by atoms with Crippen LogP contribution in [-0.2, 0) is 12.8 Å². The molecular formula is C27H44. The molecule has 0 atom stereocenters. The van der Waals surface area contributed by atoms with Gasteiger partial charge >= 0.3 is 0 Å². The predicted molar refractivity (Wildman–Crippen MR) is 129 cm³/mol. The van der Waals surface area contributed by atoms with Crippen LogP contribution in [0.25, 0.3) is 0 Å². The van der Waals surface area contributed by atoms with Gasteiger partial charge in [0.25, 0.3) is 0 Å². The number of benzene rings is 2. The van der Waals surface area contributed by atoms with Gasteiger partial charge in [-0.2, -0.15) is 0 Å². The van der Waals surface area contributed by atoms with Gasteiger partial charge in [0.2, 0.25) is 0 Å². The van der Waals surface area contributed by atoms with E-state index in [4.69, 9.17) is 0 Å². The van der Waals surface area contributed by atoms with Crippen LogP contribution in [0.3, 0.4) is 0 Å². The lowest BCUT2D eigenvalue weighted by atomic mass is 10.1. The van der Waals surface area contributed by atoms with Crippen molar-refractivity contribution >= 4 is 0 Å². The molecule has 0 heterocycles. The largest absolute Gasteiger partial charge is 0.0991 e. The monoisotopic (exact) mass is 368 g/mol. The SMILES string of the molecule is C=C/C=C\C.CC.CC.CCc1cccc(C)c1.CCc1ccccc1C. The minimum absolute atomic E-state index is 1.14. The third-order valence-corrected chi connectivity index (χ3v) is 3.46. The number of hydrogen-bond acceptors (Lipinski definition) is 0. The zero-order valence-electron chi connectivity index (χ0n) is 19.5. The fourth-order valence-corrected chi connectivity index (χ4v) is 2.07. The van der Waals surface area contributed by atoms with Crippen LogP contribution < -0.4 is 0 Å². The van der Waals surface area contributed by atoms with Crippen molar-refractivity contribution in [3.8, 4) is 0 Å². The van der Waals surface area contributed by atoms with Gasteiger partial charge in [0.05, 0.1) is 0 Å². The van der Waals surface area contributed by atoms with Gasteiger partial charge in [0.1, 0.15) is 0 Å². The van der Waals surface area contributed by atoms with Crippen molar-refractivity contribution in [1.82, 2.24) is 0 Å². The molecule has 0 fully saturated rings. The van der Waals surface area contributed by atoms with Gasteiger partial charge in [-0.3, -0.25) is 0 Å². The highest BCUT2D eigenvalue weighted by atomic mass is 14.0. The standard InChI is InChI=1S/2C9H12.C5H8.2C2H6/c1-3-9-6-4-5-8(2)7-9;1-3-9-7-5-4-6-8(9)2;1-3-5-4-2;2*1-2/h2*4-7H,3H2,1-2H3;3-5H,1H2,2H3;2*1-2H3/b;;5-4-;;. The van der Waals surface area contributed by atoms with E-state index in [2.05, 4.69) is 82.8 Å². The van der Waals surface area contributed by atoms with E-state index in [0.29, 0.717) is 0 Å². The summed E-state index contributed by atoms with van der Waals surface area (Å²) in [6.07, 6.45) is 7.86. The van der Waals surface area contributed by atoms with Crippen LogP contribution in [0.2, 0.25) is 0 Å². The lowest BCUT2D eigenvalue weighted by molar-refractivity contribution is 1.11. The lowest BCUT2D eigenvalue weighted by Gasteiger charge is -1.98. The quantitative estimate of drug-likeness (QED) is 0.474. The summed E-state index contributed by atoms with van der Waals surface area (Å²) in [5, 5.41) is 0. The van der Waals surface area contributed by atoms with E-state index in [9.17, 15) is 0 Å². The Hall–Kier alpha value is -2.08. The van der Waals surface area contributed by atoms with Crippen LogP contribution in [0.5, 0.6) is 0 Å².